The van der Waals surface area contributed by atoms with Crippen molar-refractivity contribution in [1.82, 2.24) is 0 Å². The maximum atomic E-state index is 12.7. The van der Waals surface area contributed by atoms with Crippen molar-refractivity contribution in [2.75, 3.05) is 0 Å². The number of allylic oxidation sites excluding steroid dienone is 2. The van der Waals surface area contributed by atoms with E-state index in [0.717, 1.165) is 37.0 Å². The third-order valence-corrected chi connectivity index (χ3v) is 5.57. The molecule has 1 aliphatic carbocycles. The fourth-order valence-corrected chi connectivity index (χ4v) is 3.67. The largest absolute Gasteiger partial charge is 0.310 e. The van der Waals surface area contributed by atoms with E-state index in [1.807, 2.05) is 0 Å². The van der Waals surface area contributed by atoms with Gasteiger partial charge in [-0.15, -0.1) is 0 Å². The minimum atomic E-state index is -9.56. The second kappa shape index (κ2) is 5.80. The van der Waals surface area contributed by atoms with Crippen LogP contribution in [0.5, 0.6) is 0 Å². The van der Waals surface area contributed by atoms with Gasteiger partial charge in [0.25, 0.3) is 0 Å². The lowest BCUT2D eigenvalue weighted by molar-refractivity contribution is 0.364. The second-order valence-corrected chi connectivity index (χ2v) is 8.77. The van der Waals surface area contributed by atoms with Crippen molar-refractivity contribution in [2.45, 2.75) is 56.8 Å². The van der Waals surface area contributed by atoms with Crippen molar-refractivity contribution >= 4 is 15.8 Å². The zero-order valence-corrected chi connectivity index (χ0v) is 14.0. The van der Waals surface area contributed by atoms with Gasteiger partial charge in [-0.25, -0.2) is 0 Å². The number of benzene rings is 1. The Morgan fingerprint density at radius 3 is 2.13 bits per heavy atom. The van der Waals surface area contributed by atoms with Crippen LogP contribution >= 0.6 is 10.2 Å². The molecule has 0 nitrogen and oxygen atoms in total. The molecule has 2 rings (SSSR count). The van der Waals surface area contributed by atoms with E-state index in [9.17, 15) is 19.4 Å². The predicted molar refractivity (Wildman–Crippen MR) is 87.3 cm³/mol. The summed E-state index contributed by atoms with van der Waals surface area (Å²) in [5.74, 6) is 0.634. The molecule has 0 amide bonds. The molecule has 1 aromatic carbocycles. The van der Waals surface area contributed by atoms with Gasteiger partial charge >= 0.3 is 10.2 Å². The molecular weight excluding hydrogens is 331 g/mol. The van der Waals surface area contributed by atoms with Crippen LogP contribution in [0.15, 0.2) is 35.2 Å². The highest BCUT2D eigenvalue weighted by atomic mass is 32.5. The van der Waals surface area contributed by atoms with Crippen LogP contribution in [0.2, 0.25) is 0 Å². The van der Waals surface area contributed by atoms with Crippen LogP contribution in [0.3, 0.4) is 0 Å². The summed E-state index contributed by atoms with van der Waals surface area (Å²) in [5, 5.41) is 0. The highest BCUT2D eigenvalue weighted by molar-refractivity contribution is 8.45. The molecule has 0 fully saturated rings. The van der Waals surface area contributed by atoms with Gasteiger partial charge in [-0.05, 0) is 48.4 Å². The van der Waals surface area contributed by atoms with Gasteiger partial charge in [0.15, 0.2) is 0 Å². The zero-order chi connectivity index (χ0) is 17.2. The van der Waals surface area contributed by atoms with E-state index in [1.54, 1.807) is 0 Å². The molecule has 0 saturated carbocycles. The van der Waals surface area contributed by atoms with Crippen molar-refractivity contribution < 1.29 is 19.4 Å². The fourth-order valence-electron chi connectivity index (χ4n) is 3.02. The van der Waals surface area contributed by atoms with Gasteiger partial charge in [0.1, 0.15) is 4.90 Å². The van der Waals surface area contributed by atoms with Gasteiger partial charge in [-0.1, -0.05) is 70.2 Å². The first-order valence-corrected chi connectivity index (χ1v) is 9.98. The molecule has 0 bridgehead atoms. The average Bonchev–Trinajstić information content (AvgIpc) is 2.46. The maximum Gasteiger partial charge on any atom is 0.310 e. The normalized spacial score (nSPS) is 22.2. The summed E-state index contributed by atoms with van der Waals surface area (Å²) >= 11 is 0. The standard InChI is InChI=1S/C17H23F5S/c1-2-3-4-5-14-6-8-15(9-7-14)16-10-12-17(13-11-16)23(18,19,20,21)22/h8,10-14H,2-7,9H2,1H3. The molecule has 0 radical (unpaired) electrons. The van der Waals surface area contributed by atoms with Gasteiger partial charge in [0.05, 0.1) is 0 Å². The first-order chi connectivity index (χ1) is 10.5. The van der Waals surface area contributed by atoms with E-state index in [1.165, 1.54) is 25.7 Å². The van der Waals surface area contributed by atoms with Crippen LogP contribution in [0.25, 0.3) is 5.57 Å². The lowest BCUT2D eigenvalue weighted by atomic mass is 9.84. The van der Waals surface area contributed by atoms with Crippen LogP contribution in [0.4, 0.5) is 19.4 Å². The molecule has 0 aliphatic heterocycles. The van der Waals surface area contributed by atoms with Crippen LogP contribution in [0.1, 0.15) is 57.4 Å². The highest BCUT2D eigenvalue weighted by Gasteiger charge is 2.65. The average molecular weight is 354 g/mol. The lowest BCUT2D eigenvalue weighted by Crippen LogP contribution is -2.07. The van der Waals surface area contributed by atoms with Crippen LogP contribution in [0, 0.1) is 5.92 Å². The minimum absolute atomic E-state index is 0.505. The summed E-state index contributed by atoms with van der Waals surface area (Å²) < 4.78 is 63.5. The molecule has 1 atom stereocenters. The molecule has 1 aromatic rings. The van der Waals surface area contributed by atoms with Crippen molar-refractivity contribution in [3.8, 4) is 0 Å². The Kier molecular flexibility index (Phi) is 4.61. The SMILES string of the molecule is CCCCCC1CC=C(c2ccc(S(F)(F)(F)(F)F)cc2)CC1. The topological polar surface area (TPSA) is 0 Å². The van der Waals surface area contributed by atoms with E-state index in [-0.39, 0.29) is 0 Å². The van der Waals surface area contributed by atoms with Crippen molar-refractivity contribution in [1.29, 1.82) is 0 Å². The molecule has 0 spiro atoms. The molecule has 0 saturated heterocycles. The van der Waals surface area contributed by atoms with E-state index in [4.69, 9.17) is 0 Å². The summed E-state index contributed by atoms with van der Waals surface area (Å²) in [7, 11) is -9.56. The minimum Gasteiger partial charge on any atom is -0.0936 e. The van der Waals surface area contributed by atoms with Crippen molar-refractivity contribution in [3.05, 3.63) is 35.9 Å². The van der Waals surface area contributed by atoms with Crippen molar-refractivity contribution in [3.63, 3.8) is 0 Å². The summed E-state index contributed by atoms with van der Waals surface area (Å²) in [6.45, 7) is 2.16. The number of halogens is 5. The first-order valence-electron chi connectivity index (χ1n) is 8.03. The Morgan fingerprint density at radius 2 is 1.65 bits per heavy atom. The van der Waals surface area contributed by atoms with Crippen LogP contribution in [-0.2, 0) is 0 Å². The highest BCUT2D eigenvalue weighted by Crippen LogP contribution is 3.02. The molecule has 132 valence electrons. The van der Waals surface area contributed by atoms with E-state index in [0.29, 0.717) is 23.6 Å². The van der Waals surface area contributed by atoms with Gasteiger partial charge in [-0.3, -0.25) is 0 Å². The third kappa shape index (κ3) is 5.23. The summed E-state index contributed by atoms with van der Waals surface area (Å²) in [5.41, 5.74) is 1.58. The van der Waals surface area contributed by atoms with Crippen LogP contribution in [-0.4, -0.2) is 0 Å². The monoisotopic (exact) mass is 354 g/mol. The molecule has 1 aliphatic rings. The Hall–Kier alpha value is -1.04. The maximum absolute atomic E-state index is 12.7. The zero-order valence-electron chi connectivity index (χ0n) is 13.2. The van der Waals surface area contributed by atoms with E-state index >= 15 is 0 Å². The third-order valence-electron chi connectivity index (χ3n) is 4.41. The van der Waals surface area contributed by atoms with Gasteiger partial charge < -0.3 is 0 Å². The van der Waals surface area contributed by atoms with Crippen molar-refractivity contribution in [2.24, 2.45) is 5.92 Å². The molecule has 1 unspecified atom stereocenters. The van der Waals surface area contributed by atoms with Gasteiger partial charge in [0.2, 0.25) is 0 Å². The van der Waals surface area contributed by atoms with E-state index < -0.39 is 15.1 Å². The van der Waals surface area contributed by atoms with Gasteiger partial charge in [-0.2, -0.15) is 0 Å². The number of rotatable bonds is 6. The fraction of sp³-hybridized carbons (Fsp3) is 0.529. The molecule has 6 heteroatoms. The lowest BCUT2D eigenvalue weighted by Gasteiger charge is -2.40. The number of hydrogen-bond acceptors (Lipinski definition) is 0. The summed E-state index contributed by atoms with van der Waals surface area (Å²) in [6, 6.07) is 3.34. The predicted octanol–water partition coefficient (Wildman–Crippen LogP) is 8.11. The summed E-state index contributed by atoms with van der Waals surface area (Å²) in [4.78, 5) is -1.82. The Labute approximate surface area is 134 Å². The number of hydrogen-bond donors (Lipinski definition) is 0. The molecule has 0 heterocycles. The summed E-state index contributed by atoms with van der Waals surface area (Å²) in [6.07, 6.45) is 9.58. The Balaban J connectivity index is 2.04. The van der Waals surface area contributed by atoms with Crippen LogP contribution < -0.4 is 0 Å². The molecular formula is C17H23F5S. The molecule has 0 aromatic heterocycles. The first kappa shape index (κ1) is 18.3. The smallest absolute Gasteiger partial charge is 0.0936 e. The quantitative estimate of drug-likeness (QED) is 0.357. The van der Waals surface area contributed by atoms with Gasteiger partial charge in [0, 0.05) is 0 Å². The molecule has 0 N–H and O–H groups in total. The van der Waals surface area contributed by atoms with E-state index in [2.05, 4.69) is 13.0 Å². The Morgan fingerprint density at radius 1 is 1.00 bits per heavy atom. The molecule has 23 heavy (non-hydrogen) atoms. The second-order valence-electron chi connectivity index (χ2n) is 6.36. The number of unbranched alkanes of at least 4 members (excludes halogenated alkanes) is 2. The Bertz CT molecular complexity index is 571.